The number of morpholine rings is 1. The Morgan fingerprint density at radius 1 is 1.11 bits per heavy atom. The van der Waals surface area contributed by atoms with Crippen molar-refractivity contribution in [3.05, 3.63) is 0 Å². The van der Waals surface area contributed by atoms with Gasteiger partial charge in [-0.1, -0.05) is 54.1 Å². The van der Waals surface area contributed by atoms with Crippen LogP contribution in [-0.4, -0.2) is 76.8 Å². The lowest BCUT2D eigenvalue weighted by Crippen LogP contribution is -2.59. The topological polar surface area (TPSA) is 110 Å². The fourth-order valence-electron chi connectivity index (χ4n) is 3.74. The zero-order chi connectivity index (χ0) is 19.8. The Labute approximate surface area is 177 Å². The molecule has 0 aromatic carbocycles. The number of hydrogen-bond acceptors (Lipinski definition) is 9. The maximum atomic E-state index is 12.4. The molecule has 2 fully saturated rings. The van der Waals surface area contributed by atoms with E-state index in [-0.39, 0.29) is 23.1 Å². The summed E-state index contributed by atoms with van der Waals surface area (Å²) in [5.41, 5.74) is 5.21. The summed E-state index contributed by atoms with van der Waals surface area (Å²) in [6, 6.07) is 0. The molecule has 2 amide bonds. The van der Waals surface area contributed by atoms with Crippen LogP contribution in [0.2, 0.25) is 0 Å². The quantitative estimate of drug-likeness (QED) is 0.548. The number of thioether (sulfide) groups is 2. The molecular formula is C17H27N5O3S3. The molecule has 28 heavy (non-hydrogen) atoms. The molecule has 1 aromatic heterocycles. The summed E-state index contributed by atoms with van der Waals surface area (Å²) in [6.07, 6.45) is 5.99. The largest absolute Gasteiger partial charge is 0.379 e. The van der Waals surface area contributed by atoms with Gasteiger partial charge in [-0.25, -0.2) is 0 Å². The first-order valence-electron chi connectivity index (χ1n) is 9.54. The van der Waals surface area contributed by atoms with Gasteiger partial charge in [0, 0.05) is 25.2 Å². The van der Waals surface area contributed by atoms with Crippen molar-refractivity contribution in [2.24, 2.45) is 5.73 Å². The fourth-order valence-corrected chi connectivity index (χ4v) is 6.33. The number of nitrogens with one attached hydrogen (secondary N) is 1. The third-order valence-electron chi connectivity index (χ3n) is 5.13. The van der Waals surface area contributed by atoms with Crippen molar-refractivity contribution < 1.29 is 14.3 Å². The van der Waals surface area contributed by atoms with Crippen LogP contribution in [0.5, 0.6) is 0 Å². The van der Waals surface area contributed by atoms with Gasteiger partial charge < -0.3 is 15.8 Å². The molecule has 8 nitrogen and oxygen atoms in total. The number of primary amides is 1. The molecule has 0 atom stereocenters. The van der Waals surface area contributed by atoms with Gasteiger partial charge in [-0.15, -0.1) is 10.2 Å². The molecule has 1 aliphatic heterocycles. The van der Waals surface area contributed by atoms with Crippen molar-refractivity contribution in [2.45, 2.75) is 46.3 Å². The summed E-state index contributed by atoms with van der Waals surface area (Å²) in [7, 11) is 0. The number of carbonyl (C=O) groups excluding carboxylic acids is 2. The monoisotopic (exact) mass is 445 g/mol. The Balaban J connectivity index is 1.46. The molecule has 11 heteroatoms. The maximum absolute atomic E-state index is 12.4. The van der Waals surface area contributed by atoms with Gasteiger partial charge in [-0.05, 0) is 12.8 Å². The molecule has 1 saturated heterocycles. The third-order valence-corrected chi connectivity index (χ3v) is 8.35. The van der Waals surface area contributed by atoms with E-state index in [0.717, 1.165) is 43.5 Å². The average Bonchev–Trinajstić information content (AvgIpc) is 3.18. The molecule has 2 heterocycles. The Hall–Kier alpha value is -0.880. The van der Waals surface area contributed by atoms with E-state index >= 15 is 0 Å². The summed E-state index contributed by atoms with van der Waals surface area (Å²) in [5, 5.41) is 11.2. The van der Waals surface area contributed by atoms with Gasteiger partial charge in [0.15, 0.2) is 8.68 Å². The normalized spacial score (nSPS) is 20.0. The Kier molecular flexibility index (Phi) is 8.39. The Bertz CT molecular complexity index is 660. The molecule has 1 aliphatic carbocycles. The summed E-state index contributed by atoms with van der Waals surface area (Å²) >= 11 is 4.02. The molecule has 3 rings (SSSR count). The highest BCUT2D eigenvalue weighted by atomic mass is 32.2. The first-order chi connectivity index (χ1) is 13.6. The van der Waals surface area contributed by atoms with E-state index in [9.17, 15) is 9.59 Å². The van der Waals surface area contributed by atoms with Crippen molar-refractivity contribution in [1.29, 1.82) is 0 Å². The van der Waals surface area contributed by atoms with E-state index in [2.05, 4.69) is 20.4 Å². The van der Waals surface area contributed by atoms with Crippen molar-refractivity contribution in [3.63, 3.8) is 0 Å². The SMILES string of the molecule is NC(=O)CSc1nnc(SCC(=O)NCC2(N3CCOCC3)CCCCC2)s1. The van der Waals surface area contributed by atoms with Gasteiger partial charge >= 0.3 is 0 Å². The lowest BCUT2D eigenvalue weighted by atomic mass is 9.79. The standard InChI is InChI=1S/C17H27N5O3S3/c18-13(23)10-26-15-20-21-16(28-15)27-11-14(24)19-12-17(4-2-1-3-5-17)22-6-8-25-9-7-22/h1-12H2,(H2,18,23)(H,19,24). The number of aromatic nitrogens is 2. The molecule has 0 spiro atoms. The second-order valence-electron chi connectivity index (χ2n) is 7.04. The minimum absolute atomic E-state index is 0.0183. The van der Waals surface area contributed by atoms with Gasteiger partial charge in [-0.3, -0.25) is 14.5 Å². The third kappa shape index (κ3) is 6.31. The van der Waals surface area contributed by atoms with E-state index < -0.39 is 0 Å². The van der Waals surface area contributed by atoms with E-state index in [1.54, 1.807) is 0 Å². The summed E-state index contributed by atoms with van der Waals surface area (Å²) in [6.45, 7) is 4.14. The first kappa shape index (κ1) is 21.8. The molecule has 1 saturated carbocycles. The molecular weight excluding hydrogens is 418 g/mol. The Morgan fingerprint density at radius 2 is 1.75 bits per heavy atom. The van der Waals surface area contributed by atoms with Gasteiger partial charge in [0.05, 0.1) is 24.7 Å². The van der Waals surface area contributed by atoms with Crippen LogP contribution in [0.3, 0.4) is 0 Å². The van der Waals surface area contributed by atoms with Crippen LogP contribution in [0.1, 0.15) is 32.1 Å². The van der Waals surface area contributed by atoms with Crippen LogP contribution in [0.15, 0.2) is 8.68 Å². The van der Waals surface area contributed by atoms with Crippen LogP contribution >= 0.6 is 34.9 Å². The lowest BCUT2D eigenvalue weighted by molar-refractivity contribution is -0.120. The second kappa shape index (κ2) is 10.8. The van der Waals surface area contributed by atoms with Crippen molar-refractivity contribution in [1.82, 2.24) is 20.4 Å². The zero-order valence-electron chi connectivity index (χ0n) is 15.9. The second-order valence-corrected chi connectivity index (χ2v) is 10.5. The number of nitrogens with two attached hydrogens (primary N) is 1. The number of carbonyl (C=O) groups is 2. The molecule has 3 N–H and O–H groups in total. The minimum atomic E-state index is -0.384. The molecule has 0 unspecified atom stereocenters. The number of hydrogen-bond donors (Lipinski definition) is 2. The molecule has 2 aliphatic rings. The number of nitrogens with zero attached hydrogens (tertiary/aromatic N) is 3. The molecule has 156 valence electrons. The van der Waals surface area contributed by atoms with Gasteiger partial charge in [0.1, 0.15) is 0 Å². The highest BCUT2D eigenvalue weighted by Crippen LogP contribution is 2.34. The summed E-state index contributed by atoms with van der Waals surface area (Å²) in [5.74, 6) is 0.132. The van der Waals surface area contributed by atoms with Gasteiger partial charge in [0.25, 0.3) is 0 Å². The smallest absolute Gasteiger partial charge is 0.230 e. The highest BCUT2D eigenvalue weighted by Gasteiger charge is 2.38. The fraction of sp³-hybridized carbons (Fsp3) is 0.765. The van der Waals surface area contributed by atoms with Crippen molar-refractivity contribution >= 4 is 46.7 Å². The highest BCUT2D eigenvalue weighted by molar-refractivity contribution is 8.03. The van der Waals surface area contributed by atoms with E-state index in [1.807, 2.05) is 0 Å². The number of amides is 2. The minimum Gasteiger partial charge on any atom is -0.379 e. The number of ether oxygens (including phenoxy) is 1. The van der Waals surface area contributed by atoms with Gasteiger partial charge in [0.2, 0.25) is 11.8 Å². The van der Waals surface area contributed by atoms with E-state index in [4.69, 9.17) is 10.5 Å². The van der Waals surface area contributed by atoms with Crippen molar-refractivity contribution in [2.75, 3.05) is 44.4 Å². The molecule has 0 bridgehead atoms. The maximum Gasteiger partial charge on any atom is 0.230 e. The van der Waals surface area contributed by atoms with Crippen molar-refractivity contribution in [3.8, 4) is 0 Å². The zero-order valence-corrected chi connectivity index (χ0v) is 18.3. The predicted octanol–water partition coefficient (Wildman–Crippen LogP) is 1.36. The first-order valence-corrected chi connectivity index (χ1v) is 12.3. The van der Waals surface area contributed by atoms with E-state index in [0.29, 0.717) is 16.6 Å². The van der Waals surface area contributed by atoms with Crippen LogP contribution in [0, 0.1) is 0 Å². The predicted molar refractivity (Wildman–Crippen MR) is 112 cm³/mol. The Morgan fingerprint density at radius 3 is 2.39 bits per heavy atom. The molecule has 1 aromatic rings. The summed E-state index contributed by atoms with van der Waals surface area (Å²) < 4.78 is 6.92. The molecule has 0 radical (unpaired) electrons. The van der Waals surface area contributed by atoms with Crippen LogP contribution in [-0.2, 0) is 14.3 Å². The van der Waals surface area contributed by atoms with Gasteiger partial charge in [-0.2, -0.15) is 0 Å². The van der Waals surface area contributed by atoms with Crippen LogP contribution < -0.4 is 11.1 Å². The lowest BCUT2D eigenvalue weighted by Gasteiger charge is -2.48. The summed E-state index contributed by atoms with van der Waals surface area (Å²) in [4.78, 5) is 25.8. The van der Waals surface area contributed by atoms with Crippen LogP contribution in [0.25, 0.3) is 0 Å². The van der Waals surface area contributed by atoms with Crippen LogP contribution in [0.4, 0.5) is 0 Å². The average molecular weight is 446 g/mol. The number of rotatable bonds is 9. The van der Waals surface area contributed by atoms with E-state index in [1.165, 1.54) is 54.1 Å².